The van der Waals surface area contributed by atoms with Crippen molar-refractivity contribution in [3.05, 3.63) is 52.6 Å². The fourth-order valence-electron chi connectivity index (χ4n) is 2.56. The number of hydrogen-bond acceptors (Lipinski definition) is 1. The first-order valence-corrected chi connectivity index (χ1v) is 6.91. The molecule has 0 radical (unpaired) electrons. The van der Waals surface area contributed by atoms with Crippen LogP contribution in [-0.4, -0.2) is 0 Å². The van der Waals surface area contributed by atoms with E-state index in [4.69, 9.17) is 3.32 Å². The van der Waals surface area contributed by atoms with Crippen molar-refractivity contribution in [1.29, 1.82) is 0 Å². The van der Waals surface area contributed by atoms with Crippen LogP contribution in [0.5, 0.6) is 0 Å². The molecule has 0 saturated carbocycles. The summed E-state index contributed by atoms with van der Waals surface area (Å²) in [6.07, 6.45) is 3.34. The van der Waals surface area contributed by atoms with Gasteiger partial charge in [-0.1, -0.05) is 0 Å². The van der Waals surface area contributed by atoms with E-state index in [0.29, 0.717) is 0 Å². The molecule has 20 heavy (non-hydrogen) atoms. The summed E-state index contributed by atoms with van der Waals surface area (Å²) in [6.45, 7) is 8.64. The molecule has 1 nitrogen and oxygen atoms in total. The summed E-state index contributed by atoms with van der Waals surface area (Å²) in [5.41, 5.74) is 6.60. The first kappa shape index (κ1) is 20.0. The van der Waals surface area contributed by atoms with Gasteiger partial charge in [0.1, 0.15) is 0 Å². The molecule has 0 heterocycles. The van der Waals surface area contributed by atoms with Crippen LogP contribution >= 0.6 is 0 Å². The minimum absolute atomic E-state index is 0. The molecule has 107 valence electrons. The van der Waals surface area contributed by atoms with Gasteiger partial charge in [0.25, 0.3) is 0 Å². The molecule has 1 aromatic carbocycles. The maximum atomic E-state index is 5.65. The summed E-state index contributed by atoms with van der Waals surface area (Å²) in [4.78, 5) is 0. The van der Waals surface area contributed by atoms with Crippen molar-refractivity contribution in [2.45, 2.75) is 39.7 Å². The monoisotopic (exact) mass is 345 g/mol. The third kappa shape index (κ3) is 3.99. The number of benzene rings is 1. The standard InChI is InChI=1S/C16H19O.2ClH.Ti/c1-11-9-12(2)14(10-11)13-7-5-6-8-15(13)16(3,4)17;;;/h5-9H,10H2,1-4H3;2*1H;/q-1;;;+3/p-2. The van der Waals surface area contributed by atoms with E-state index < -0.39 is 0 Å². The topological polar surface area (TPSA) is 9.23 Å². The number of halogens is 2. The first-order valence-electron chi connectivity index (χ1n) is 6.27. The second-order valence-electron chi connectivity index (χ2n) is 5.49. The molecule has 0 amide bonds. The zero-order valence-corrected chi connectivity index (χ0v) is 15.3. The van der Waals surface area contributed by atoms with Crippen LogP contribution in [0.1, 0.15) is 45.2 Å². The van der Waals surface area contributed by atoms with Crippen molar-refractivity contribution in [1.82, 2.24) is 0 Å². The summed E-state index contributed by atoms with van der Waals surface area (Å²) >= 11 is 1.77. The molecule has 0 unspecified atom stereocenters. The van der Waals surface area contributed by atoms with E-state index in [0.717, 1.165) is 6.42 Å². The smallest absolute Gasteiger partial charge is 1.00 e. The maximum Gasteiger partial charge on any atom is -1.00 e. The Morgan fingerprint density at radius 3 is 2.20 bits per heavy atom. The molecule has 4 heteroatoms. The van der Waals surface area contributed by atoms with Crippen molar-refractivity contribution in [2.24, 2.45) is 0 Å². The molecule has 2 rings (SSSR count). The van der Waals surface area contributed by atoms with E-state index in [1.54, 1.807) is 20.8 Å². The normalized spacial score (nSPS) is 14.6. The zero-order valence-electron chi connectivity index (χ0n) is 12.3. The predicted molar refractivity (Wildman–Crippen MR) is 71.5 cm³/mol. The van der Waals surface area contributed by atoms with Crippen molar-refractivity contribution in [3.8, 4) is 0 Å². The summed E-state index contributed by atoms with van der Waals surface area (Å²) in [5.74, 6) is 0. The third-order valence-corrected chi connectivity index (χ3v) is 4.35. The zero-order chi connectivity index (χ0) is 13.3. The van der Waals surface area contributed by atoms with Gasteiger partial charge in [0.05, 0.1) is 0 Å². The SMILES string of the molecule is CC1=CC(C)=C(c2ccccc2C(C)(C)[O][Ti+2])C1.[Cl-].[Cl-]. The Balaban J connectivity index is 0.00000180. The average Bonchev–Trinajstić information content (AvgIpc) is 2.68. The Bertz CT molecular complexity index is 533. The minimum atomic E-state index is -0.250. The maximum absolute atomic E-state index is 5.65. The van der Waals surface area contributed by atoms with Gasteiger partial charge in [0, 0.05) is 0 Å². The number of rotatable bonds is 3. The second-order valence-corrected chi connectivity index (χ2v) is 5.81. The van der Waals surface area contributed by atoms with E-state index in [9.17, 15) is 0 Å². The van der Waals surface area contributed by atoms with Crippen LogP contribution in [0.15, 0.2) is 41.5 Å². The van der Waals surface area contributed by atoms with Gasteiger partial charge in [0.15, 0.2) is 0 Å². The van der Waals surface area contributed by atoms with Crippen LogP contribution in [0.2, 0.25) is 0 Å². The van der Waals surface area contributed by atoms with E-state index in [1.807, 2.05) is 0 Å². The second kappa shape index (κ2) is 7.82. The molecule has 0 atom stereocenters. The van der Waals surface area contributed by atoms with Crippen molar-refractivity contribution in [2.75, 3.05) is 0 Å². The Kier molecular flexibility index (Phi) is 7.80. The van der Waals surface area contributed by atoms with Gasteiger partial charge in [-0.25, -0.2) is 0 Å². The van der Waals surface area contributed by atoms with Crippen LogP contribution in [0.25, 0.3) is 5.57 Å². The van der Waals surface area contributed by atoms with Crippen LogP contribution in [0.3, 0.4) is 0 Å². The molecule has 0 fully saturated rings. The fourth-order valence-corrected chi connectivity index (χ4v) is 2.73. The van der Waals surface area contributed by atoms with E-state index in [1.165, 1.54) is 27.8 Å². The van der Waals surface area contributed by atoms with Crippen LogP contribution in [0, 0.1) is 0 Å². The minimum Gasteiger partial charge on any atom is -1.00 e. The number of hydrogen-bond donors (Lipinski definition) is 0. The molecule has 0 aliphatic heterocycles. The molecule has 0 saturated heterocycles. The van der Waals surface area contributed by atoms with Crippen LogP contribution in [0.4, 0.5) is 0 Å². The van der Waals surface area contributed by atoms with Gasteiger partial charge in [-0.15, -0.1) is 0 Å². The summed E-state index contributed by atoms with van der Waals surface area (Å²) in [6, 6.07) is 8.58. The molecule has 0 bridgehead atoms. The fraction of sp³-hybridized carbons (Fsp3) is 0.375. The van der Waals surface area contributed by atoms with Crippen molar-refractivity contribution >= 4 is 5.57 Å². The molecule has 1 aliphatic carbocycles. The van der Waals surface area contributed by atoms with Gasteiger partial charge >= 0.3 is 122 Å². The van der Waals surface area contributed by atoms with Gasteiger partial charge in [-0.2, -0.15) is 0 Å². The molecule has 0 N–H and O–H groups in total. The van der Waals surface area contributed by atoms with E-state index in [-0.39, 0.29) is 30.4 Å². The Morgan fingerprint density at radius 2 is 1.70 bits per heavy atom. The Morgan fingerprint density at radius 1 is 1.10 bits per heavy atom. The third-order valence-electron chi connectivity index (χ3n) is 3.55. The number of allylic oxidation sites excluding steroid dienone is 4. The van der Waals surface area contributed by atoms with E-state index in [2.05, 4.69) is 58.0 Å². The first-order chi connectivity index (χ1) is 8.45. The summed E-state index contributed by atoms with van der Waals surface area (Å²) in [7, 11) is 0. The molecule has 1 aliphatic rings. The predicted octanol–water partition coefficient (Wildman–Crippen LogP) is -1.47. The molecule has 0 spiro atoms. The van der Waals surface area contributed by atoms with E-state index >= 15 is 0 Å². The Labute approximate surface area is 146 Å². The largest absolute Gasteiger partial charge is 1.00 e. The van der Waals surface area contributed by atoms with Gasteiger partial charge in [0.2, 0.25) is 0 Å². The van der Waals surface area contributed by atoms with Crippen LogP contribution in [-0.2, 0) is 29.7 Å². The quantitative estimate of drug-likeness (QED) is 0.608. The van der Waals surface area contributed by atoms with Gasteiger partial charge in [-0.05, 0) is 0 Å². The Hall–Kier alpha value is -0.0457. The van der Waals surface area contributed by atoms with Gasteiger partial charge in [-0.3, -0.25) is 0 Å². The van der Waals surface area contributed by atoms with Gasteiger partial charge < -0.3 is 24.8 Å². The summed E-state index contributed by atoms with van der Waals surface area (Å²) < 4.78 is 5.65. The average molecular weight is 346 g/mol. The van der Waals surface area contributed by atoms with Crippen molar-refractivity contribution < 1.29 is 49.0 Å². The molecular formula is C16H19Cl2OTi. The molecule has 0 aromatic heterocycles. The summed E-state index contributed by atoms with van der Waals surface area (Å²) in [5, 5.41) is 0. The molecular weight excluding hydrogens is 327 g/mol. The van der Waals surface area contributed by atoms with Crippen LogP contribution < -0.4 is 24.8 Å². The van der Waals surface area contributed by atoms with Crippen molar-refractivity contribution in [3.63, 3.8) is 0 Å². The molecule has 1 aromatic rings.